The highest BCUT2D eigenvalue weighted by molar-refractivity contribution is 5.23. The van der Waals surface area contributed by atoms with Gasteiger partial charge in [-0.05, 0) is 49.3 Å². The average Bonchev–Trinajstić information content (AvgIpc) is 2.98. The molecule has 2 aromatic rings. The van der Waals surface area contributed by atoms with E-state index in [9.17, 15) is 4.39 Å². The van der Waals surface area contributed by atoms with Crippen LogP contribution in [0.5, 0.6) is 0 Å². The van der Waals surface area contributed by atoms with Gasteiger partial charge in [0.05, 0.1) is 18.2 Å². The highest BCUT2D eigenvalue weighted by atomic mass is 19.1. The lowest BCUT2D eigenvalue weighted by atomic mass is 9.75. The first kappa shape index (κ1) is 15.8. The van der Waals surface area contributed by atoms with E-state index in [4.69, 9.17) is 4.74 Å². The molecule has 2 heterocycles. The maximum atomic E-state index is 13.0. The summed E-state index contributed by atoms with van der Waals surface area (Å²) in [5.41, 5.74) is 2.41. The van der Waals surface area contributed by atoms with Gasteiger partial charge >= 0.3 is 0 Å². The molecule has 4 rings (SSSR count). The summed E-state index contributed by atoms with van der Waals surface area (Å²) in [5, 5.41) is 3.79. The van der Waals surface area contributed by atoms with Crippen LogP contribution in [0.4, 0.5) is 4.39 Å². The van der Waals surface area contributed by atoms with Gasteiger partial charge in [0.1, 0.15) is 11.9 Å². The molecule has 1 aromatic carbocycles. The second-order valence-electron chi connectivity index (χ2n) is 7.09. The first-order valence-corrected chi connectivity index (χ1v) is 8.78. The lowest BCUT2D eigenvalue weighted by molar-refractivity contribution is -0.00800. The fraction of sp³-hybridized carbons (Fsp3) is 0.526. The van der Waals surface area contributed by atoms with Gasteiger partial charge in [0, 0.05) is 25.7 Å². The molecule has 4 nitrogen and oxygen atoms in total. The molecule has 0 spiro atoms. The molecule has 1 N–H and O–H groups in total. The molecule has 1 saturated heterocycles. The molecule has 24 heavy (non-hydrogen) atoms. The van der Waals surface area contributed by atoms with Crippen LogP contribution in [0, 0.1) is 5.82 Å². The van der Waals surface area contributed by atoms with E-state index >= 15 is 0 Å². The van der Waals surface area contributed by atoms with Crippen molar-refractivity contribution in [2.45, 2.75) is 49.8 Å². The van der Waals surface area contributed by atoms with Crippen LogP contribution >= 0.6 is 0 Å². The number of rotatable bonds is 4. The second-order valence-corrected chi connectivity index (χ2v) is 7.09. The molecule has 128 valence electrons. The normalized spacial score (nSPS) is 30.1. The van der Waals surface area contributed by atoms with E-state index in [0.29, 0.717) is 18.0 Å². The molecule has 0 amide bonds. The molecule has 5 heteroatoms. The number of hydrogen-bond donors (Lipinski definition) is 1. The molecule has 2 fully saturated rings. The van der Waals surface area contributed by atoms with Gasteiger partial charge < -0.3 is 14.6 Å². The number of nitrogens with zero attached hydrogens (tertiary/aromatic N) is 2. The minimum Gasteiger partial charge on any atom is -0.372 e. The highest BCUT2D eigenvalue weighted by Crippen LogP contribution is 2.38. The van der Waals surface area contributed by atoms with Crippen LogP contribution in [0.15, 0.2) is 36.8 Å². The predicted molar refractivity (Wildman–Crippen MR) is 90.2 cm³/mol. The number of benzene rings is 1. The molecule has 2 aliphatic rings. The Kier molecular flexibility index (Phi) is 4.37. The van der Waals surface area contributed by atoms with Gasteiger partial charge in [0.2, 0.25) is 0 Å². The third kappa shape index (κ3) is 3.23. The Morgan fingerprint density at radius 1 is 1.17 bits per heavy atom. The van der Waals surface area contributed by atoms with Gasteiger partial charge in [-0.1, -0.05) is 12.1 Å². The summed E-state index contributed by atoms with van der Waals surface area (Å²) in [5.74, 6) is 0.409. The van der Waals surface area contributed by atoms with E-state index in [1.807, 2.05) is 36.3 Å². The third-order valence-electron chi connectivity index (χ3n) is 5.42. The van der Waals surface area contributed by atoms with Crippen LogP contribution in [0.3, 0.4) is 0 Å². The van der Waals surface area contributed by atoms with Crippen molar-refractivity contribution in [1.82, 2.24) is 14.9 Å². The van der Waals surface area contributed by atoms with Crippen LogP contribution in [-0.2, 0) is 11.8 Å². The number of ether oxygens (including phenoxy) is 1. The number of imidazole rings is 1. The number of halogens is 1. The maximum Gasteiger partial charge on any atom is 0.123 e. The maximum absolute atomic E-state index is 13.0. The minimum absolute atomic E-state index is 0.136. The van der Waals surface area contributed by atoms with E-state index in [0.717, 1.165) is 38.0 Å². The quantitative estimate of drug-likeness (QED) is 0.935. The van der Waals surface area contributed by atoms with Gasteiger partial charge in [-0.3, -0.25) is 0 Å². The van der Waals surface area contributed by atoms with Crippen LogP contribution in [0.25, 0.3) is 0 Å². The average molecular weight is 329 g/mol. The summed E-state index contributed by atoms with van der Waals surface area (Å²) in [7, 11) is 2.02. The first-order valence-electron chi connectivity index (χ1n) is 8.78. The van der Waals surface area contributed by atoms with Gasteiger partial charge in [0.25, 0.3) is 0 Å². The molecular weight excluding hydrogens is 305 g/mol. The van der Waals surface area contributed by atoms with Crippen molar-refractivity contribution in [2.24, 2.45) is 7.05 Å². The van der Waals surface area contributed by atoms with Crippen molar-refractivity contribution in [1.29, 1.82) is 0 Å². The van der Waals surface area contributed by atoms with Crippen LogP contribution in [-0.4, -0.2) is 28.2 Å². The Hall–Kier alpha value is -1.72. The smallest absolute Gasteiger partial charge is 0.123 e. The third-order valence-corrected chi connectivity index (χ3v) is 5.42. The molecular formula is C19H24FN3O. The molecule has 1 aliphatic carbocycles. The predicted octanol–water partition coefficient (Wildman–Crippen LogP) is 3.32. The molecule has 1 saturated carbocycles. The molecule has 0 radical (unpaired) electrons. The lowest BCUT2D eigenvalue weighted by Crippen LogP contribution is -2.47. The monoisotopic (exact) mass is 329 g/mol. The summed E-state index contributed by atoms with van der Waals surface area (Å²) < 4.78 is 21.0. The summed E-state index contributed by atoms with van der Waals surface area (Å²) in [4.78, 5) is 4.20. The minimum atomic E-state index is -0.156. The van der Waals surface area contributed by atoms with E-state index in [-0.39, 0.29) is 11.9 Å². The molecule has 2 atom stereocenters. The molecule has 0 bridgehead atoms. The van der Waals surface area contributed by atoms with E-state index in [1.165, 1.54) is 5.56 Å². The van der Waals surface area contributed by atoms with Gasteiger partial charge in [-0.15, -0.1) is 0 Å². The standard InChI is InChI=1S/C19H24FN3O/c1-23-12-21-11-18(23)19-10-16(6-7-24-19)22-17-8-14(9-17)13-2-4-15(20)5-3-13/h2-5,11-12,14,16-17,19,22H,6-10H2,1H3/t14?,16-,17?,19-/m0/s1. The van der Waals surface area contributed by atoms with Gasteiger partial charge in [0.15, 0.2) is 0 Å². The second kappa shape index (κ2) is 6.65. The number of hydrogen-bond acceptors (Lipinski definition) is 3. The zero-order chi connectivity index (χ0) is 16.5. The Morgan fingerprint density at radius 3 is 2.67 bits per heavy atom. The molecule has 1 aromatic heterocycles. The summed E-state index contributed by atoms with van der Waals surface area (Å²) >= 11 is 0. The van der Waals surface area contributed by atoms with Crippen molar-refractivity contribution in [3.63, 3.8) is 0 Å². The molecule has 0 unspecified atom stereocenters. The van der Waals surface area contributed by atoms with Gasteiger partial charge in [-0.2, -0.15) is 0 Å². The fourth-order valence-electron chi connectivity index (χ4n) is 3.93. The zero-order valence-electron chi connectivity index (χ0n) is 14.0. The van der Waals surface area contributed by atoms with Crippen LogP contribution < -0.4 is 5.32 Å². The highest BCUT2D eigenvalue weighted by Gasteiger charge is 2.34. The summed E-state index contributed by atoms with van der Waals surface area (Å²) in [6.07, 6.45) is 8.20. The topological polar surface area (TPSA) is 39.1 Å². The van der Waals surface area contributed by atoms with E-state index in [1.54, 1.807) is 12.1 Å². The SMILES string of the molecule is Cn1cncc1[C@@H]1C[C@@H](NC2CC(c3ccc(F)cc3)C2)CCO1. The van der Waals surface area contributed by atoms with Crippen LogP contribution in [0.1, 0.15) is 49.0 Å². The lowest BCUT2D eigenvalue weighted by Gasteiger charge is -2.40. The number of nitrogens with one attached hydrogen (secondary N) is 1. The summed E-state index contributed by atoms with van der Waals surface area (Å²) in [6.45, 7) is 0.793. The Balaban J connectivity index is 1.29. The van der Waals surface area contributed by atoms with Crippen molar-refractivity contribution in [2.75, 3.05) is 6.61 Å². The van der Waals surface area contributed by atoms with E-state index < -0.39 is 0 Å². The Labute approximate surface area is 142 Å². The molecule has 1 aliphatic heterocycles. The van der Waals surface area contributed by atoms with Crippen LogP contribution in [0.2, 0.25) is 0 Å². The Morgan fingerprint density at radius 2 is 1.96 bits per heavy atom. The van der Waals surface area contributed by atoms with E-state index in [2.05, 4.69) is 10.3 Å². The van der Waals surface area contributed by atoms with Gasteiger partial charge in [-0.25, -0.2) is 9.37 Å². The van der Waals surface area contributed by atoms with Crippen molar-refractivity contribution >= 4 is 0 Å². The summed E-state index contributed by atoms with van der Waals surface area (Å²) in [6, 6.07) is 8.03. The largest absolute Gasteiger partial charge is 0.372 e. The van der Waals surface area contributed by atoms with Crippen molar-refractivity contribution in [3.8, 4) is 0 Å². The van der Waals surface area contributed by atoms with Crippen molar-refractivity contribution < 1.29 is 9.13 Å². The van der Waals surface area contributed by atoms with Crippen molar-refractivity contribution in [3.05, 3.63) is 53.9 Å². The first-order chi connectivity index (χ1) is 11.7. The number of aromatic nitrogens is 2. The zero-order valence-corrected chi connectivity index (χ0v) is 14.0. The Bertz CT molecular complexity index is 678. The number of aryl methyl sites for hydroxylation is 1. The fourth-order valence-corrected chi connectivity index (χ4v) is 3.93.